The molecule has 1 N–H and O–H groups in total. The van der Waals surface area contributed by atoms with Gasteiger partial charge in [-0.25, -0.2) is 0 Å². The van der Waals surface area contributed by atoms with Crippen LogP contribution in [0.1, 0.15) is 40.5 Å². The summed E-state index contributed by atoms with van der Waals surface area (Å²) in [4.78, 5) is 5.18. The summed E-state index contributed by atoms with van der Waals surface area (Å²) in [6.07, 6.45) is 2.39. The molecule has 21 heavy (non-hydrogen) atoms. The lowest BCUT2D eigenvalue weighted by molar-refractivity contribution is -0.0307. The van der Waals surface area contributed by atoms with E-state index in [2.05, 4.69) is 49.9 Å². The minimum Gasteiger partial charge on any atom is -0.381 e. The molecule has 0 atom stereocenters. The van der Waals surface area contributed by atoms with Crippen LogP contribution in [-0.2, 0) is 4.74 Å². The topological polar surface area (TPSA) is 27.7 Å². The van der Waals surface area contributed by atoms with E-state index in [9.17, 15) is 0 Å². The molecule has 2 fully saturated rings. The average molecular weight is 297 g/mol. The second kappa shape index (κ2) is 6.95. The van der Waals surface area contributed by atoms with Gasteiger partial charge in [0.1, 0.15) is 0 Å². The molecule has 0 aromatic rings. The Morgan fingerprint density at radius 1 is 1.14 bits per heavy atom. The van der Waals surface area contributed by atoms with Crippen molar-refractivity contribution in [1.82, 2.24) is 15.1 Å². The first-order chi connectivity index (χ1) is 9.83. The molecule has 2 aliphatic rings. The van der Waals surface area contributed by atoms with E-state index in [1.54, 1.807) is 0 Å². The van der Waals surface area contributed by atoms with Gasteiger partial charge in [-0.1, -0.05) is 13.8 Å². The Bertz CT molecular complexity index is 324. The van der Waals surface area contributed by atoms with Crippen LogP contribution in [0.15, 0.2) is 0 Å². The fraction of sp³-hybridized carbons (Fsp3) is 1.00. The molecule has 2 aliphatic heterocycles. The molecule has 0 aromatic heterocycles. The third-order valence-electron chi connectivity index (χ3n) is 5.39. The maximum atomic E-state index is 5.62. The SMILES string of the molecule is CC(C)NCC1(CN2CCN(C)C(C)(C)C2)CCOCC1. The highest BCUT2D eigenvalue weighted by molar-refractivity contribution is 4.93. The molecule has 2 rings (SSSR count). The quantitative estimate of drug-likeness (QED) is 0.837. The van der Waals surface area contributed by atoms with Crippen LogP contribution in [0.5, 0.6) is 0 Å². The van der Waals surface area contributed by atoms with E-state index in [4.69, 9.17) is 4.74 Å². The fourth-order valence-corrected chi connectivity index (χ4v) is 3.57. The van der Waals surface area contributed by atoms with Crippen molar-refractivity contribution in [3.05, 3.63) is 0 Å². The number of piperazine rings is 1. The second-order valence-corrected chi connectivity index (χ2v) is 8.09. The van der Waals surface area contributed by atoms with Crippen molar-refractivity contribution in [2.45, 2.75) is 52.1 Å². The van der Waals surface area contributed by atoms with Crippen molar-refractivity contribution < 1.29 is 4.74 Å². The van der Waals surface area contributed by atoms with Gasteiger partial charge in [-0.05, 0) is 39.2 Å². The number of hydrogen-bond acceptors (Lipinski definition) is 4. The van der Waals surface area contributed by atoms with Gasteiger partial charge in [0.05, 0.1) is 0 Å². The highest BCUT2D eigenvalue weighted by Gasteiger charge is 2.38. The number of hydrogen-bond donors (Lipinski definition) is 1. The van der Waals surface area contributed by atoms with Gasteiger partial charge in [-0.15, -0.1) is 0 Å². The second-order valence-electron chi connectivity index (χ2n) is 8.09. The summed E-state index contributed by atoms with van der Waals surface area (Å²) in [7, 11) is 2.25. The van der Waals surface area contributed by atoms with Crippen LogP contribution in [-0.4, -0.2) is 74.4 Å². The van der Waals surface area contributed by atoms with Gasteiger partial charge in [-0.2, -0.15) is 0 Å². The molecule has 4 nitrogen and oxygen atoms in total. The van der Waals surface area contributed by atoms with Crippen molar-refractivity contribution in [2.24, 2.45) is 5.41 Å². The van der Waals surface area contributed by atoms with Crippen molar-refractivity contribution >= 4 is 0 Å². The first-order valence-corrected chi connectivity index (χ1v) is 8.58. The predicted octanol–water partition coefficient (Wildman–Crippen LogP) is 1.81. The Hall–Kier alpha value is -0.160. The molecule has 0 spiro atoms. The van der Waals surface area contributed by atoms with E-state index in [0.29, 0.717) is 11.5 Å². The molecular formula is C17H35N3O. The van der Waals surface area contributed by atoms with Gasteiger partial charge < -0.3 is 10.1 Å². The molecular weight excluding hydrogens is 262 g/mol. The Morgan fingerprint density at radius 2 is 1.81 bits per heavy atom. The molecule has 2 saturated heterocycles. The third-order valence-corrected chi connectivity index (χ3v) is 5.39. The molecule has 0 saturated carbocycles. The number of nitrogens with zero attached hydrogens (tertiary/aromatic N) is 2. The van der Waals surface area contributed by atoms with E-state index < -0.39 is 0 Å². The molecule has 124 valence electrons. The molecule has 0 aliphatic carbocycles. The maximum absolute atomic E-state index is 5.62. The van der Waals surface area contributed by atoms with Gasteiger partial charge in [0.15, 0.2) is 0 Å². The van der Waals surface area contributed by atoms with Crippen LogP contribution in [0.3, 0.4) is 0 Å². The predicted molar refractivity (Wildman–Crippen MR) is 88.8 cm³/mol. The van der Waals surface area contributed by atoms with Crippen molar-refractivity contribution in [1.29, 1.82) is 0 Å². The molecule has 0 unspecified atom stereocenters. The minimum absolute atomic E-state index is 0.288. The first kappa shape index (κ1) is 17.2. The van der Waals surface area contributed by atoms with Gasteiger partial charge in [0.25, 0.3) is 0 Å². The molecule has 0 bridgehead atoms. The maximum Gasteiger partial charge on any atom is 0.0472 e. The fourth-order valence-electron chi connectivity index (χ4n) is 3.57. The van der Waals surface area contributed by atoms with Crippen LogP contribution >= 0.6 is 0 Å². The summed E-state index contributed by atoms with van der Waals surface area (Å²) in [5.41, 5.74) is 0.685. The van der Waals surface area contributed by atoms with Crippen molar-refractivity contribution in [2.75, 3.05) is 53.0 Å². The highest BCUT2D eigenvalue weighted by atomic mass is 16.5. The standard InChI is InChI=1S/C17H35N3O/c1-15(2)18-12-17(6-10-21-11-7-17)14-20-9-8-19(5)16(3,4)13-20/h15,18H,6-14H2,1-5H3. The smallest absolute Gasteiger partial charge is 0.0472 e. The molecule has 4 heteroatoms. The zero-order chi connectivity index (χ0) is 15.5. The summed E-state index contributed by atoms with van der Waals surface area (Å²) in [5, 5.41) is 3.68. The highest BCUT2D eigenvalue weighted by Crippen LogP contribution is 2.32. The van der Waals surface area contributed by atoms with Gasteiger partial charge in [0.2, 0.25) is 0 Å². The van der Waals surface area contributed by atoms with E-state index in [1.165, 1.54) is 39.0 Å². The van der Waals surface area contributed by atoms with Crippen LogP contribution in [0.4, 0.5) is 0 Å². The molecule has 0 aromatic carbocycles. The molecule has 0 radical (unpaired) electrons. The lowest BCUT2D eigenvalue weighted by Gasteiger charge is -2.49. The van der Waals surface area contributed by atoms with E-state index >= 15 is 0 Å². The Labute approximate surface area is 131 Å². The Morgan fingerprint density at radius 3 is 2.38 bits per heavy atom. The zero-order valence-electron chi connectivity index (χ0n) is 14.7. The van der Waals surface area contributed by atoms with Gasteiger partial charge in [0, 0.05) is 57.5 Å². The average Bonchev–Trinajstić information content (AvgIpc) is 2.42. The van der Waals surface area contributed by atoms with Gasteiger partial charge >= 0.3 is 0 Å². The number of nitrogens with one attached hydrogen (secondary N) is 1. The first-order valence-electron chi connectivity index (χ1n) is 8.58. The number of likely N-dealkylation sites (N-methyl/N-ethyl adjacent to an activating group) is 1. The summed E-state index contributed by atoms with van der Waals surface area (Å²) >= 11 is 0. The summed E-state index contributed by atoms with van der Waals surface area (Å²) < 4.78 is 5.62. The normalized spacial score (nSPS) is 27.1. The number of rotatable bonds is 5. The van der Waals surface area contributed by atoms with E-state index in [-0.39, 0.29) is 5.54 Å². The summed E-state index contributed by atoms with van der Waals surface area (Å²) in [6.45, 7) is 17.0. The molecule has 0 amide bonds. The van der Waals surface area contributed by atoms with Crippen LogP contribution in [0.2, 0.25) is 0 Å². The van der Waals surface area contributed by atoms with Crippen molar-refractivity contribution in [3.8, 4) is 0 Å². The third kappa shape index (κ3) is 4.65. The van der Waals surface area contributed by atoms with Crippen molar-refractivity contribution in [3.63, 3.8) is 0 Å². The van der Waals surface area contributed by atoms with Crippen LogP contribution < -0.4 is 5.32 Å². The summed E-state index contributed by atoms with van der Waals surface area (Å²) in [5.74, 6) is 0. The monoisotopic (exact) mass is 297 g/mol. The lowest BCUT2D eigenvalue weighted by atomic mass is 9.78. The van der Waals surface area contributed by atoms with Gasteiger partial charge in [-0.3, -0.25) is 9.80 Å². The van der Waals surface area contributed by atoms with E-state index in [1.807, 2.05) is 0 Å². The summed E-state index contributed by atoms with van der Waals surface area (Å²) in [6, 6.07) is 0.564. The zero-order valence-corrected chi connectivity index (χ0v) is 14.7. The molecule has 2 heterocycles. The number of ether oxygens (including phenoxy) is 1. The van der Waals surface area contributed by atoms with Crippen LogP contribution in [0, 0.1) is 5.41 Å². The lowest BCUT2D eigenvalue weighted by Crippen LogP contribution is -2.60. The Balaban J connectivity index is 1.98. The van der Waals surface area contributed by atoms with E-state index in [0.717, 1.165) is 19.8 Å². The Kier molecular flexibility index (Phi) is 5.69. The largest absolute Gasteiger partial charge is 0.381 e. The minimum atomic E-state index is 0.288. The van der Waals surface area contributed by atoms with Crippen LogP contribution in [0.25, 0.3) is 0 Å².